The number of likely N-dealkylation sites (N-methyl/N-ethyl adjacent to an activating group) is 1. The van der Waals surface area contributed by atoms with Crippen LogP contribution in [0, 0.1) is 0 Å². The number of hydrogen-bond donors (Lipinski definition) is 3. The maximum absolute atomic E-state index is 11.7. The monoisotopic (exact) mass is 286 g/mol. The largest absolute Gasteiger partial charge is 0.478 e. The van der Waals surface area contributed by atoms with Gasteiger partial charge in [0.2, 0.25) is 5.91 Å². The average Bonchev–Trinajstić information content (AvgIpc) is 2.31. The Hall–Kier alpha value is -1.63. The predicted octanol–water partition coefficient (Wildman–Crippen LogP) is 0.901. The van der Waals surface area contributed by atoms with Gasteiger partial charge in [0, 0.05) is 6.54 Å². The van der Waals surface area contributed by atoms with Crippen LogP contribution in [0.2, 0.25) is 5.02 Å². The van der Waals surface area contributed by atoms with E-state index in [2.05, 4.69) is 5.32 Å². The summed E-state index contributed by atoms with van der Waals surface area (Å²) < 4.78 is 0. The number of rotatable bonds is 6. The number of aromatic carboxylic acids is 1. The molecule has 7 heteroatoms. The van der Waals surface area contributed by atoms with E-state index < -0.39 is 5.97 Å². The van der Waals surface area contributed by atoms with Crippen LogP contribution in [0.3, 0.4) is 0 Å². The van der Waals surface area contributed by atoms with Gasteiger partial charge in [0.25, 0.3) is 0 Å². The van der Waals surface area contributed by atoms with E-state index in [0.29, 0.717) is 6.54 Å². The second-order valence-electron chi connectivity index (χ2n) is 4.01. The van der Waals surface area contributed by atoms with E-state index in [1.54, 1.807) is 11.9 Å². The molecule has 0 radical (unpaired) electrons. The number of anilines is 1. The highest BCUT2D eigenvalue weighted by Gasteiger charge is 2.11. The Labute approximate surface area is 115 Å². The van der Waals surface area contributed by atoms with Gasteiger partial charge in [-0.15, -0.1) is 0 Å². The Balaban J connectivity index is 2.73. The minimum Gasteiger partial charge on any atom is -0.478 e. The standard InChI is InChI=1S/C12H15ClN2O4/c1-15(4-5-16)7-11(17)14-10-6-8(12(18)19)2-3-9(10)13/h2-3,6,16H,4-5,7H2,1H3,(H,14,17)(H,18,19). The first-order chi connectivity index (χ1) is 8.93. The highest BCUT2D eigenvalue weighted by atomic mass is 35.5. The van der Waals surface area contributed by atoms with E-state index >= 15 is 0 Å². The highest BCUT2D eigenvalue weighted by molar-refractivity contribution is 6.33. The molecular formula is C12H15ClN2O4. The number of carboxylic acid groups (broad SMARTS) is 1. The predicted molar refractivity (Wildman–Crippen MR) is 71.6 cm³/mol. The van der Waals surface area contributed by atoms with Gasteiger partial charge in [-0.05, 0) is 25.2 Å². The molecule has 6 nitrogen and oxygen atoms in total. The van der Waals surface area contributed by atoms with Crippen molar-refractivity contribution in [2.24, 2.45) is 0 Å². The molecule has 19 heavy (non-hydrogen) atoms. The molecule has 0 aliphatic rings. The molecule has 1 amide bonds. The minimum atomic E-state index is -1.09. The van der Waals surface area contributed by atoms with Crippen molar-refractivity contribution in [3.63, 3.8) is 0 Å². The van der Waals surface area contributed by atoms with Gasteiger partial charge in [0.1, 0.15) is 0 Å². The fraction of sp³-hybridized carbons (Fsp3) is 0.333. The average molecular weight is 287 g/mol. The van der Waals surface area contributed by atoms with E-state index in [4.69, 9.17) is 21.8 Å². The molecular weight excluding hydrogens is 272 g/mol. The molecule has 0 unspecified atom stereocenters. The number of nitrogens with zero attached hydrogens (tertiary/aromatic N) is 1. The third-order valence-corrected chi connectivity index (χ3v) is 2.71. The number of aliphatic hydroxyl groups is 1. The summed E-state index contributed by atoms with van der Waals surface area (Å²) in [4.78, 5) is 24.1. The Kier molecular flexibility index (Phi) is 5.75. The first kappa shape index (κ1) is 15.4. The van der Waals surface area contributed by atoms with Gasteiger partial charge in [0.15, 0.2) is 0 Å². The molecule has 104 valence electrons. The molecule has 0 aromatic heterocycles. The zero-order valence-electron chi connectivity index (χ0n) is 10.4. The Morgan fingerprint density at radius 3 is 2.68 bits per heavy atom. The first-order valence-electron chi connectivity index (χ1n) is 5.56. The molecule has 0 bridgehead atoms. The fourth-order valence-electron chi connectivity index (χ4n) is 1.44. The normalized spacial score (nSPS) is 10.5. The lowest BCUT2D eigenvalue weighted by Gasteiger charge is -2.15. The third-order valence-electron chi connectivity index (χ3n) is 2.38. The molecule has 0 atom stereocenters. The van der Waals surface area contributed by atoms with E-state index in [-0.39, 0.29) is 35.3 Å². The van der Waals surface area contributed by atoms with Crippen molar-refractivity contribution < 1.29 is 19.8 Å². The van der Waals surface area contributed by atoms with Gasteiger partial charge < -0.3 is 15.5 Å². The second kappa shape index (κ2) is 7.08. The van der Waals surface area contributed by atoms with E-state index in [9.17, 15) is 9.59 Å². The second-order valence-corrected chi connectivity index (χ2v) is 4.42. The summed E-state index contributed by atoms with van der Waals surface area (Å²) >= 11 is 5.88. The molecule has 0 saturated carbocycles. The Bertz CT molecular complexity index is 479. The minimum absolute atomic E-state index is 0.0426. The Morgan fingerprint density at radius 2 is 2.11 bits per heavy atom. The van der Waals surface area contributed by atoms with Crippen molar-refractivity contribution in [2.75, 3.05) is 32.1 Å². The molecule has 0 saturated heterocycles. The van der Waals surface area contributed by atoms with Crippen molar-refractivity contribution >= 4 is 29.2 Å². The number of benzene rings is 1. The zero-order valence-corrected chi connectivity index (χ0v) is 11.1. The summed E-state index contributed by atoms with van der Waals surface area (Å²) in [7, 11) is 1.69. The van der Waals surface area contributed by atoms with Gasteiger partial charge in [-0.25, -0.2) is 4.79 Å². The molecule has 0 aliphatic heterocycles. The van der Waals surface area contributed by atoms with Crippen LogP contribution in [0.4, 0.5) is 5.69 Å². The number of hydrogen-bond acceptors (Lipinski definition) is 4. The lowest BCUT2D eigenvalue weighted by Crippen LogP contribution is -2.32. The van der Waals surface area contributed by atoms with Crippen molar-refractivity contribution in [1.82, 2.24) is 4.90 Å². The van der Waals surface area contributed by atoms with E-state index in [1.807, 2.05) is 0 Å². The SMILES string of the molecule is CN(CCO)CC(=O)Nc1cc(C(=O)O)ccc1Cl. The summed E-state index contributed by atoms with van der Waals surface area (Å²) in [5.74, 6) is -1.43. The summed E-state index contributed by atoms with van der Waals surface area (Å²) in [6.45, 7) is 0.406. The van der Waals surface area contributed by atoms with Crippen molar-refractivity contribution in [3.8, 4) is 0 Å². The fourth-order valence-corrected chi connectivity index (χ4v) is 1.60. The van der Waals surface area contributed by atoms with Gasteiger partial charge in [0.05, 0.1) is 29.4 Å². The van der Waals surface area contributed by atoms with Crippen LogP contribution in [0.5, 0.6) is 0 Å². The molecule has 0 aliphatic carbocycles. The summed E-state index contributed by atoms with van der Waals surface area (Å²) in [5, 5.41) is 20.4. The molecule has 0 heterocycles. The third kappa shape index (κ3) is 4.86. The molecule has 0 spiro atoms. The number of nitrogens with one attached hydrogen (secondary N) is 1. The van der Waals surface area contributed by atoms with Crippen molar-refractivity contribution in [1.29, 1.82) is 0 Å². The molecule has 0 fully saturated rings. The van der Waals surface area contributed by atoms with Crippen molar-refractivity contribution in [3.05, 3.63) is 28.8 Å². The van der Waals surface area contributed by atoms with Crippen LogP contribution >= 0.6 is 11.6 Å². The van der Waals surface area contributed by atoms with Gasteiger partial charge >= 0.3 is 5.97 Å². The zero-order chi connectivity index (χ0) is 14.4. The van der Waals surface area contributed by atoms with Crippen molar-refractivity contribution in [2.45, 2.75) is 0 Å². The molecule has 1 aromatic carbocycles. The molecule has 1 rings (SSSR count). The summed E-state index contributed by atoms with van der Waals surface area (Å²) in [6.07, 6.45) is 0. The van der Waals surface area contributed by atoms with Crippen LogP contribution in [0.25, 0.3) is 0 Å². The van der Waals surface area contributed by atoms with Crippen LogP contribution < -0.4 is 5.32 Å². The number of carbonyl (C=O) groups excluding carboxylic acids is 1. The number of halogens is 1. The Morgan fingerprint density at radius 1 is 1.42 bits per heavy atom. The van der Waals surface area contributed by atoms with Gasteiger partial charge in [-0.1, -0.05) is 11.6 Å². The highest BCUT2D eigenvalue weighted by Crippen LogP contribution is 2.23. The number of amides is 1. The number of aliphatic hydroxyl groups excluding tert-OH is 1. The van der Waals surface area contributed by atoms with Crippen LogP contribution in [0.15, 0.2) is 18.2 Å². The first-order valence-corrected chi connectivity index (χ1v) is 5.94. The molecule has 1 aromatic rings. The summed E-state index contributed by atoms with van der Waals surface area (Å²) in [5.41, 5.74) is 0.298. The lowest BCUT2D eigenvalue weighted by molar-refractivity contribution is -0.117. The maximum atomic E-state index is 11.7. The quantitative estimate of drug-likeness (QED) is 0.723. The number of carboxylic acids is 1. The van der Waals surface area contributed by atoms with E-state index in [0.717, 1.165) is 0 Å². The van der Waals surface area contributed by atoms with E-state index in [1.165, 1.54) is 18.2 Å². The lowest BCUT2D eigenvalue weighted by atomic mass is 10.2. The van der Waals surface area contributed by atoms with Gasteiger partial charge in [-0.2, -0.15) is 0 Å². The maximum Gasteiger partial charge on any atom is 0.335 e. The molecule has 3 N–H and O–H groups in total. The van der Waals surface area contributed by atoms with Crippen LogP contribution in [-0.2, 0) is 4.79 Å². The summed E-state index contributed by atoms with van der Waals surface area (Å²) in [6, 6.07) is 4.07. The topological polar surface area (TPSA) is 89.9 Å². The van der Waals surface area contributed by atoms with Crippen LogP contribution in [0.1, 0.15) is 10.4 Å². The number of carbonyl (C=O) groups is 2. The van der Waals surface area contributed by atoms with Gasteiger partial charge in [-0.3, -0.25) is 9.69 Å². The van der Waals surface area contributed by atoms with Crippen LogP contribution in [-0.4, -0.2) is 53.7 Å². The smallest absolute Gasteiger partial charge is 0.335 e.